The van der Waals surface area contributed by atoms with E-state index in [4.69, 9.17) is 18.9 Å². The fourth-order valence-corrected chi connectivity index (χ4v) is 5.45. The van der Waals surface area contributed by atoms with Crippen molar-refractivity contribution in [1.29, 1.82) is 0 Å². The van der Waals surface area contributed by atoms with Gasteiger partial charge in [-0.1, -0.05) is 22.0 Å². The van der Waals surface area contributed by atoms with E-state index in [-0.39, 0.29) is 17.6 Å². The molecular formula is C20H22BrNO5. The molecule has 4 unspecified atom stereocenters. The number of carbonyl (C=O) groups is 1. The Hall–Kier alpha value is -1.57. The van der Waals surface area contributed by atoms with E-state index in [1.807, 2.05) is 17.9 Å². The molecule has 3 aliphatic heterocycles. The van der Waals surface area contributed by atoms with Gasteiger partial charge in [-0.25, -0.2) is 0 Å². The summed E-state index contributed by atoms with van der Waals surface area (Å²) in [5, 5.41) is 0. The predicted octanol–water partition coefficient (Wildman–Crippen LogP) is 2.91. The van der Waals surface area contributed by atoms with E-state index in [1.54, 1.807) is 7.11 Å². The Morgan fingerprint density at radius 3 is 2.96 bits per heavy atom. The minimum absolute atomic E-state index is 0.0615. The van der Waals surface area contributed by atoms with Crippen molar-refractivity contribution >= 4 is 22.3 Å². The van der Waals surface area contributed by atoms with E-state index in [0.717, 1.165) is 34.2 Å². The Kier molecular flexibility index (Phi) is 3.87. The van der Waals surface area contributed by atoms with Crippen molar-refractivity contribution in [3.05, 3.63) is 33.8 Å². The highest BCUT2D eigenvalue weighted by Gasteiger charge is 2.58. The van der Waals surface area contributed by atoms with Crippen LogP contribution in [0.4, 0.5) is 0 Å². The molecule has 5 rings (SSSR count). The zero-order valence-corrected chi connectivity index (χ0v) is 17.0. The van der Waals surface area contributed by atoms with Crippen LogP contribution in [0.1, 0.15) is 30.9 Å². The molecule has 1 aliphatic carbocycles. The van der Waals surface area contributed by atoms with Crippen molar-refractivity contribution in [2.24, 2.45) is 0 Å². The van der Waals surface area contributed by atoms with Gasteiger partial charge in [-0.3, -0.25) is 4.79 Å². The summed E-state index contributed by atoms with van der Waals surface area (Å²) in [4.78, 5) is 13.4. The zero-order chi connectivity index (χ0) is 18.8. The standard InChI is InChI=1S/C20H22BrNO5/c1-12-10-25-20(27-12)4-3-19-5-6-22(11-23)9-13-14(21)7-15(24-2)18(17(13)19)26-16(19)8-20/h3-4,7,11-12,16H,5-6,8-10H2,1-2H3. The molecule has 4 atom stereocenters. The SMILES string of the molecule is COc1cc(Br)c2c3c1OC1CC4(C=CC31CCN(C=O)C2)OCC(C)O4. The van der Waals surface area contributed by atoms with E-state index in [0.29, 0.717) is 31.9 Å². The third kappa shape index (κ3) is 2.41. The van der Waals surface area contributed by atoms with Gasteiger partial charge in [0.05, 0.1) is 25.2 Å². The number of hydrogen-bond acceptors (Lipinski definition) is 5. The molecular weight excluding hydrogens is 414 g/mol. The number of methoxy groups -OCH3 is 1. The second-order valence-corrected chi connectivity index (χ2v) is 8.66. The minimum atomic E-state index is -0.724. The summed E-state index contributed by atoms with van der Waals surface area (Å²) in [5.41, 5.74) is 1.89. The van der Waals surface area contributed by atoms with Gasteiger partial charge in [-0.05, 0) is 31.1 Å². The Bertz CT molecular complexity index is 842. The number of ether oxygens (including phenoxy) is 4. The number of hydrogen-bond donors (Lipinski definition) is 0. The largest absolute Gasteiger partial charge is 0.493 e. The molecule has 2 spiro atoms. The summed E-state index contributed by atoms with van der Waals surface area (Å²) >= 11 is 3.68. The Morgan fingerprint density at radius 1 is 1.41 bits per heavy atom. The van der Waals surface area contributed by atoms with Gasteiger partial charge in [-0.15, -0.1) is 0 Å². The van der Waals surface area contributed by atoms with Crippen LogP contribution in [0.15, 0.2) is 22.7 Å². The van der Waals surface area contributed by atoms with Gasteiger partial charge in [0, 0.05) is 29.5 Å². The van der Waals surface area contributed by atoms with Gasteiger partial charge in [0.25, 0.3) is 0 Å². The van der Waals surface area contributed by atoms with E-state index < -0.39 is 5.79 Å². The summed E-state index contributed by atoms with van der Waals surface area (Å²) in [5.74, 6) is 0.762. The van der Waals surface area contributed by atoms with Crippen LogP contribution in [0.5, 0.6) is 11.5 Å². The van der Waals surface area contributed by atoms with E-state index in [1.165, 1.54) is 0 Å². The molecule has 6 nitrogen and oxygen atoms in total. The first-order valence-electron chi connectivity index (χ1n) is 9.28. The highest BCUT2D eigenvalue weighted by atomic mass is 79.9. The summed E-state index contributed by atoms with van der Waals surface area (Å²) in [6.45, 7) is 3.82. The fraction of sp³-hybridized carbons (Fsp3) is 0.550. The minimum Gasteiger partial charge on any atom is -0.493 e. The van der Waals surface area contributed by atoms with Crippen LogP contribution in [0.3, 0.4) is 0 Å². The Morgan fingerprint density at radius 2 is 2.26 bits per heavy atom. The molecule has 1 fully saturated rings. The summed E-state index contributed by atoms with van der Waals surface area (Å²) in [6, 6.07) is 1.93. The maximum atomic E-state index is 11.6. The molecule has 144 valence electrons. The average Bonchev–Trinajstić information content (AvgIpc) is 3.12. The topological polar surface area (TPSA) is 57.2 Å². The van der Waals surface area contributed by atoms with Crippen molar-refractivity contribution < 1.29 is 23.7 Å². The van der Waals surface area contributed by atoms with E-state index >= 15 is 0 Å². The van der Waals surface area contributed by atoms with Crippen LogP contribution in [0, 0.1) is 0 Å². The van der Waals surface area contributed by atoms with Crippen LogP contribution < -0.4 is 9.47 Å². The van der Waals surface area contributed by atoms with Gasteiger partial charge in [0.2, 0.25) is 6.41 Å². The highest BCUT2D eigenvalue weighted by Crippen LogP contribution is 2.58. The fourth-order valence-electron chi connectivity index (χ4n) is 4.92. The number of amides is 1. The quantitative estimate of drug-likeness (QED) is 0.527. The summed E-state index contributed by atoms with van der Waals surface area (Å²) < 4.78 is 25.1. The molecule has 1 aromatic rings. The van der Waals surface area contributed by atoms with Crippen molar-refractivity contribution in [2.75, 3.05) is 20.3 Å². The van der Waals surface area contributed by atoms with Crippen LogP contribution >= 0.6 is 15.9 Å². The predicted molar refractivity (Wildman–Crippen MR) is 101 cm³/mol. The first kappa shape index (κ1) is 17.5. The molecule has 1 saturated heterocycles. The number of carbonyl (C=O) groups excluding carboxylic acids is 1. The summed E-state index contributed by atoms with van der Waals surface area (Å²) in [7, 11) is 1.65. The molecule has 1 amide bonds. The molecule has 3 heterocycles. The second kappa shape index (κ2) is 5.96. The van der Waals surface area contributed by atoms with Crippen LogP contribution in [-0.4, -0.2) is 49.6 Å². The molecule has 4 aliphatic rings. The normalized spacial score (nSPS) is 36.2. The first-order valence-corrected chi connectivity index (χ1v) is 10.1. The van der Waals surface area contributed by atoms with Gasteiger partial charge >= 0.3 is 0 Å². The Labute approximate surface area is 166 Å². The third-order valence-electron chi connectivity index (χ3n) is 6.21. The van der Waals surface area contributed by atoms with Gasteiger partial charge < -0.3 is 23.8 Å². The molecule has 7 heteroatoms. The van der Waals surface area contributed by atoms with Crippen molar-refractivity contribution in [2.45, 2.75) is 49.7 Å². The van der Waals surface area contributed by atoms with Gasteiger partial charge in [-0.2, -0.15) is 0 Å². The average molecular weight is 436 g/mol. The number of halogens is 1. The molecule has 0 saturated carbocycles. The maximum Gasteiger partial charge on any atom is 0.210 e. The lowest BCUT2D eigenvalue weighted by Crippen LogP contribution is -2.48. The molecule has 27 heavy (non-hydrogen) atoms. The highest BCUT2D eigenvalue weighted by molar-refractivity contribution is 9.10. The van der Waals surface area contributed by atoms with Crippen molar-refractivity contribution in [1.82, 2.24) is 4.90 Å². The maximum absolute atomic E-state index is 11.6. The van der Waals surface area contributed by atoms with E-state index in [9.17, 15) is 4.79 Å². The lowest BCUT2D eigenvalue weighted by atomic mass is 9.68. The number of benzene rings is 1. The first-order chi connectivity index (χ1) is 13.0. The lowest BCUT2D eigenvalue weighted by Gasteiger charge is -2.40. The monoisotopic (exact) mass is 435 g/mol. The Balaban J connectivity index is 1.68. The van der Waals surface area contributed by atoms with Crippen LogP contribution in [-0.2, 0) is 26.2 Å². The molecule has 0 N–H and O–H groups in total. The zero-order valence-electron chi connectivity index (χ0n) is 15.4. The molecule has 0 aromatic heterocycles. The third-order valence-corrected chi connectivity index (χ3v) is 6.92. The van der Waals surface area contributed by atoms with Gasteiger partial charge in [0.1, 0.15) is 6.10 Å². The summed E-state index contributed by atoms with van der Waals surface area (Å²) in [6.07, 6.45) is 6.51. The second-order valence-electron chi connectivity index (χ2n) is 7.80. The van der Waals surface area contributed by atoms with Crippen LogP contribution in [0.25, 0.3) is 0 Å². The smallest absolute Gasteiger partial charge is 0.210 e. The van der Waals surface area contributed by atoms with Crippen LogP contribution in [0.2, 0.25) is 0 Å². The van der Waals surface area contributed by atoms with Gasteiger partial charge in [0.15, 0.2) is 17.3 Å². The number of rotatable bonds is 2. The number of nitrogens with zero attached hydrogens (tertiary/aromatic N) is 1. The molecule has 1 aromatic carbocycles. The van der Waals surface area contributed by atoms with Crippen molar-refractivity contribution in [3.63, 3.8) is 0 Å². The molecule has 0 bridgehead atoms. The van der Waals surface area contributed by atoms with Crippen molar-refractivity contribution in [3.8, 4) is 11.5 Å². The van der Waals surface area contributed by atoms with E-state index in [2.05, 4.69) is 28.1 Å². The lowest BCUT2D eigenvalue weighted by molar-refractivity contribution is -0.154. The molecule has 0 radical (unpaired) electrons.